The first kappa shape index (κ1) is 27.8. The molecule has 4 rings (SSSR count). The average molecular weight is 497 g/mol. The Labute approximate surface area is 215 Å². The quantitative estimate of drug-likeness (QED) is 0.418. The maximum Gasteiger partial charge on any atom is 0.407 e. The van der Waals surface area contributed by atoms with Gasteiger partial charge in [-0.05, 0) is 107 Å². The Bertz CT molecular complexity index is 1060. The van der Waals surface area contributed by atoms with E-state index in [2.05, 4.69) is 5.32 Å². The Hall–Kier alpha value is -2.76. The zero-order valence-electron chi connectivity index (χ0n) is 22.6. The second kappa shape index (κ2) is 12.0. The van der Waals surface area contributed by atoms with Gasteiger partial charge in [0, 0.05) is 5.92 Å². The smallest absolute Gasteiger partial charge is 0.407 e. The molecule has 0 radical (unpaired) electrons. The van der Waals surface area contributed by atoms with E-state index in [1.165, 1.54) is 0 Å². The van der Waals surface area contributed by atoms with Gasteiger partial charge in [0.1, 0.15) is 17.1 Å². The van der Waals surface area contributed by atoms with Crippen molar-refractivity contribution in [3.8, 4) is 0 Å². The Balaban J connectivity index is 0.00000176. The molecule has 0 atom stereocenters. The minimum atomic E-state index is -0.575. The summed E-state index contributed by atoms with van der Waals surface area (Å²) >= 11 is 0. The summed E-state index contributed by atoms with van der Waals surface area (Å²) in [5.74, 6) is 0.410. The van der Waals surface area contributed by atoms with Gasteiger partial charge in [-0.25, -0.2) is 14.2 Å². The second-order valence-electron chi connectivity index (χ2n) is 10.8. The molecular formula is C30H41FN2O3. The lowest BCUT2D eigenvalue weighted by Gasteiger charge is -2.28. The molecule has 2 saturated carbocycles. The maximum atomic E-state index is 14.5. The van der Waals surface area contributed by atoms with Crippen molar-refractivity contribution in [2.24, 2.45) is 5.92 Å². The van der Waals surface area contributed by atoms with Crippen LogP contribution < -0.4 is 5.32 Å². The topological polar surface area (TPSA) is 68.3 Å². The van der Waals surface area contributed by atoms with Gasteiger partial charge in [-0.15, -0.1) is 0 Å². The van der Waals surface area contributed by atoms with Crippen molar-refractivity contribution in [1.29, 1.82) is 0 Å². The average Bonchev–Trinajstić information content (AvgIpc) is 3.68. The maximum absolute atomic E-state index is 14.5. The highest BCUT2D eigenvalue weighted by atomic mass is 19.1. The fraction of sp³-hybridized carbons (Fsp3) is 0.567. The number of ketones is 1. The summed E-state index contributed by atoms with van der Waals surface area (Å²) in [5, 5.41) is 2.73. The summed E-state index contributed by atoms with van der Waals surface area (Å²) in [7, 11) is 0. The number of rotatable bonds is 6. The van der Waals surface area contributed by atoms with Gasteiger partial charge in [-0.3, -0.25) is 4.79 Å². The molecule has 1 heterocycles. The van der Waals surface area contributed by atoms with Crippen LogP contribution >= 0.6 is 0 Å². The first-order valence-corrected chi connectivity index (χ1v) is 13.4. The lowest BCUT2D eigenvalue weighted by atomic mass is 9.76. The number of benzene rings is 1. The Morgan fingerprint density at radius 2 is 1.56 bits per heavy atom. The third-order valence-corrected chi connectivity index (χ3v) is 6.74. The molecule has 36 heavy (non-hydrogen) atoms. The minimum Gasteiger partial charge on any atom is -0.444 e. The van der Waals surface area contributed by atoms with Crippen molar-refractivity contribution in [1.82, 2.24) is 10.3 Å². The number of nitrogens with one attached hydrogen (secondary N) is 1. The number of aryl methyl sites for hydroxylation is 1. The number of halogens is 1. The second-order valence-corrected chi connectivity index (χ2v) is 10.8. The molecule has 1 amide bonds. The molecule has 1 N–H and O–H groups in total. The third-order valence-electron chi connectivity index (χ3n) is 6.74. The van der Waals surface area contributed by atoms with E-state index >= 15 is 0 Å². The van der Waals surface area contributed by atoms with Crippen molar-refractivity contribution in [2.45, 2.75) is 104 Å². The van der Waals surface area contributed by atoms with Crippen molar-refractivity contribution in [2.75, 3.05) is 0 Å². The molecule has 1 aromatic carbocycles. The number of ether oxygens (including phenoxy) is 1. The van der Waals surface area contributed by atoms with Crippen LogP contribution in [0.25, 0.3) is 0 Å². The zero-order chi connectivity index (χ0) is 26.5. The highest BCUT2D eigenvalue weighted by molar-refractivity contribution is 5.97. The van der Waals surface area contributed by atoms with Crippen LogP contribution in [-0.2, 0) is 11.3 Å². The SMILES string of the molecule is CC.Cc1ccc(C2CCC(C(=O)c3nc(CNC(=O)OC(C)(C)C)ccc3C3CC3)CC2)c(F)c1. The Morgan fingerprint density at radius 3 is 2.14 bits per heavy atom. The molecule has 6 heteroatoms. The van der Waals surface area contributed by atoms with E-state index in [1.807, 2.05) is 65.8 Å². The Morgan fingerprint density at radius 1 is 0.972 bits per heavy atom. The zero-order valence-corrected chi connectivity index (χ0v) is 22.6. The summed E-state index contributed by atoms with van der Waals surface area (Å²) in [4.78, 5) is 30.3. The number of hydrogen-bond acceptors (Lipinski definition) is 4. The molecule has 2 aromatic rings. The number of nitrogens with zero attached hydrogens (tertiary/aromatic N) is 1. The summed E-state index contributed by atoms with van der Waals surface area (Å²) in [6.07, 6.45) is 4.74. The molecule has 0 spiro atoms. The molecule has 196 valence electrons. The van der Waals surface area contributed by atoms with Crippen LogP contribution in [0.4, 0.5) is 9.18 Å². The van der Waals surface area contributed by atoms with Gasteiger partial charge in [-0.1, -0.05) is 32.0 Å². The van der Waals surface area contributed by atoms with Crippen LogP contribution in [0.1, 0.15) is 118 Å². The van der Waals surface area contributed by atoms with E-state index in [-0.39, 0.29) is 30.0 Å². The van der Waals surface area contributed by atoms with Gasteiger partial charge in [0.2, 0.25) is 0 Å². The predicted octanol–water partition coefficient (Wildman–Crippen LogP) is 7.61. The third kappa shape index (κ3) is 7.37. The van der Waals surface area contributed by atoms with Gasteiger partial charge in [0.05, 0.1) is 12.2 Å². The van der Waals surface area contributed by atoms with E-state index in [0.29, 0.717) is 17.3 Å². The lowest BCUT2D eigenvalue weighted by molar-refractivity contribution is 0.0523. The van der Waals surface area contributed by atoms with Gasteiger partial charge < -0.3 is 10.1 Å². The molecule has 0 aliphatic heterocycles. The molecular weight excluding hydrogens is 455 g/mol. The monoisotopic (exact) mass is 496 g/mol. The number of alkyl carbamates (subject to hydrolysis) is 1. The molecule has 0 bridgehead atoms. The van der Waals surface area contributed by atoms with Gasteiger partial charge >= 0.3 is 6.09 Å². The van der Waals surface area contributed by atoms with Gasteiger partial charge in [0.25, 0.3) is 0 Å². The van der Waals surface area contributed by atoms with Crippen LogP contribution in [0.2, 0.25) is 0 Å². The first-order valence-electron chi connectivity index (χ1n) is 13.4. The number of Topliss-reactive ketones (excluding diaryl/α,β-unsaturated/α-hetero) is 1. The largest absolute Gasteiger partial charge is 0.444 e. The van der Waals surface area contributed by atoms with Crippen LogP contribution in [0.3, 0.4) is 0 Å². The lowest BCUT2D eigenvalue weighted by Crippen LogP contribution is -2.32. The van der Waals surface area contributed by atoms with Crippen LogP contribution in [0, 0.1) is 18.7 Å². The van der Waals surface area contributed by atoms with E-state index < -0.39 is 11.7 Å². The molecule has 5 nitrogen and oxygen atoms in total. The van der Waals surface area contributed by atoms with Crippen molar-refractivity contribution < 1.29 is 18.7 Å². The number of hydrogen-bond donors (Lipinski definition) is 1. The van der Waals surface area contributed by atoms with Crippen LogP contribution in [0.5, 0.6) is 0 Å². The van der Waals surface area contributed by atoms with E-state index in [9.17, 15) is 14.0 Å². The summed E-state index contributed by atoms with van der Waals surface area (Å²) < 4.78 is 19.7. The van der Waals surface area contributed by atoms with E-state index in [4.69, 9.17) is 9.72 Å². The fourth-order valence-electron chi connectivity index (χ4n) is 4.83. The normalized spacial score (nSPS) is 19.6. The number of pyridine rings is 1. The van der Waals surface area contributed by atoms with Gasteiger partial charge in [-0.2, -0.15) is 0 Å². The number of carbonyl (C=O) groups is 2. The van der Waals surface area contributed by atoms with Gasteiger partial charge in [0.15, 0.2) is 5.78 Å². The molecule has 2 aliphatic rings. The number of aromatic nitrogens is 1. The molecule has 2 aliphatic carbocycles. The standard InChI is InChI=1S/C28H35FN2O3.C2H6/c1-17-5-13-22(24(29)15-17)18-8-10-20(11-9-18)26(32)25-23(19-6-7-19)14-12-21(31-25)16-30-27(33)34-28(2,3)4;1-2/h5,12-15,18-20H,6-11,16H2,1-4H3,(H,30,33);1-2H3. The minimum absolute atomic E-state index is 0.0869. The molecule has 0 saturated heterocycles. The van der Waals surface area contributed by atoms with Crippen molar-refractivity contribution in [3.05, 3.63) is 64.2 Å². The number of carbonyl (C=O) groups excluding carboxylic acids is 2. The molecule has 2 fully saturated rings. The highest BCUT2D eigenvalue weighted by Crippen LogP contribution is 2.43. The number of amides is 1. The predicted molar refractivity (Wildman–Crippen MR) is 141 cm³/mol. The molecule has 0 unspecified atom stereocenters. The fourth-order valence-corrected chi connectivity index (χ4v) is 4.83. The highest BCUT2D eigenvalue weighted by Gasteiger charge is 2.34. The first-order chi connectivity index (χ1) is 17.1. The van der Waals surface area contributed by atoms with E-state index in [0.717, 1.165) is 55.2 Å². The Kier molecular flexibility index (Phi) is 9.26. The van der Waals surface area contributed by atoms with Crippen molar-refractivity contribution >= 4 is 11.9 Å². The summed E-state index contributed by atoms with van der Waals surface area (Å²) in [5.41, 5.74) is 3.34. The summed E-state index contributed by atoms with van der Waals surface area (Å²) in [6.45, 7) is 11.5. The summed E-state index contributed by atoms with van der Waals surface area (Å²) in [6, 6.07) is 9.33. The van der Waals surface area contributed by atoms with Crippen LogP contribution in [-0.4, -0.2) is 22.5 Å². The van der Waals surface area contributed by atoms with Crippen LogP contribution in [0.15, 0.2) is 30.3 Å². The van der Waals surface area contributed by atoms with Crippen molar-refractivity contribution in [3.63, 3.8) is 0 Å². The van der Waals surface area contributed by atoms with E-state index in [1.54, 1.807) is 6.07 Å². The molecule has 1 aromatic heterocycles.